The van der Waals surface area contributed by atoms with Gasteiger partial charge in [0.2, 0.25) is 5.91 Å². The molecule has 3 heteroatoms. The second-order valence-corrected chi connectivity index (χ2v) is 4.32. The normalized spacial score (nSPS) is 11.9. The van der Waals surface area contributed by atoms with Crippen LogP contribution in [0, 0.1) is 0 Å². The lowest BCUT2D eigenvalue weighted by Gasteiger charge is -2.28. The van der Waals surface area contributed by atoms with Gasteiger partial charge in [-0.3, -0.25) is 4.79 Å². The van der Waals surface area contributed by atoms with Crippen molar-refractivity contribution in [2.75, 3.05) is 11.0 Å². The number of hydrogen-bond donors (Lipinski definition) is 0. The molecule has 0 unspecified atom stereocenters. The summed E-state index contributed by atoms with van der Waals surface area (Å²) in [4.78, 5) is 13.6. The number of rotatable bonds is 5. The minimum Gasteiger partial charge on any atom is -0.332 e. The zero-order chi connectivity index (χ0) is 12.0. The van der Waals surface area contributed by atoms with Gasteiger partial charge in [-0.25, -0.2) is 0 Å². The molecule has 0 radical (unpaired) electrons. The quantitative estimate of drug-likeness (QED) is 0.462. The molecule has 0 aliphatic heterocycles. The van der Waals surface area contributed by atoms with Crippen LogP contribution < -0.4 is 0 Å². The molecule has 0 fully saturated rings. The van der Waals surface area contributed by atoms with E-state index in [-0.39, 0.29) is 11.9 Å². The van der Waals surface area contributed by atoms with E-state index in [9.17, 15) is 4.79 Å². The summed E-state index contributed by atoms with van der Waals surface area (Å²) in [6, 6.07) is 10.1. The van der Waals surface area contributed by atoms with Crippen LogP contribution in [0.1, 0.15) is 18.5 Å². The molecule has 0 heterocycles. The fourth-order valence-electron chi connectivity index (χ4n) is 1.60. The van der Waals surface area contributed by atoms with Gasteiger partial charge in [0, 0.05) is 6.54 Å². The van der Waals surface area contributed by atoms with Crippen LogP contribution in [0.15, 0.2) is 43.0 Å². The Hall–Kier alpha value is -0.840. The minimum atomic E-state index is 0.0986. The van der Waals surface area contributed by atoms with Gasteiger partial charge >= 0.3 is 0 Å². The van der Waals surface area contributed by atoms with Gasteiger partial charge in [-0.2, -0.15) is 0 Å². The van der Waals surface area contributed by atoms with E-state index in [1.807, 2.05) is 42.2 Å². The summed E-state index contributed by atoms with van der Waals surface area (Å²) in [6.07, 6.45) is 1.77. The topological polar surface area (TPSA) is 20.3 Å². The van der Waals surface area contributed by atoms with Crippen molar-refractivity contribution in [2.45, 2.75) is 13.0 Å². The first kappa shape index (κ1) is 13.2. The van der Waals surface area contributed by atoms with Gasteiger partial charge in [0.05, 0.1) is 10.5 Å². The molecule has 1 aromatic carbocycles. The second kappa shape index (κ2) is 6.68. The van der Waals surface area contributed by atoms with Crippen LogP contribution >= 0.6 is 22.6 Å². The van der Waals surface area contributed by atoms with Crippen molar-refractivity contribution >= 4 is 28.5 Å². The number of carbonyl (C=O) groups excluding carboxylic acids is 1. The molecule has 1 atom stereocenters. The maximum atomic E-state index is 11.8. The monoisotopic (exact) mass is 329 g/mol. The number of halogens is 1. The number of alkyl halides is 1. The molecule has 0 N–H and O–H groups in total. The SMILES string of the molecule is C=CCN(C(=O)CI)[C@@H](C)c1ccccc1. The largest absolute Gasteiger partial charge is 0.332 e. The first-order valence-electron chi connectivity index (χ1n) is 5.22. The fourth-order valence-corrected chi connectivity index (χ4v) is 2.04. The van der Waals surface area contributed by atoms with E-state index in [1.165, 1.54) is 0 Å². The number of benzene rings is 1. The molecule has 0 aliphatic rings. The maximum absolute atomic E-state index is 11.8. The van der Waals surface area contributed by atoms with Crippen LogP contribution in [0.3, 0.4) is 0 Å². The number of amides is 1. The third kappa shape index (κ3) is 3.33. The average molecular weight is 329 g/mol. The maximum Gasteiger partial charge on any atom is 0.233 e. The van der Waals surface area contributed by atoms with Crippen molar-refractivity contribution in [3.05, 3.63) is 48.6 Å². The molecule has 0 spiro atoms. The average Bonchev–Trinajstić information content (AvgIpc) is 2.35. The molecule has 86 valence electrons. The van der Waals surface area contributed by atoms with E-state index < -0.39 is 0 Å². The van der Waals surface area contributed by atoms with Crippen molar-refractivity contribution in [2.24, 2.45) is 0 Å². The van der Waals surface area contributed by atoms with E-state index in [0.29, 0.717) is 11.0 Å². The Bertz CT molecular complexity index is 350. The Kier molecular flexibility index (Phi) is 5.52. The first-order chi connectivity index (χ1) is 7.70. The molecular formula is C13H16INO. The molecule has 0 saturated carbocycles. The lowest BCUT2D eigenvalue weighted by atomic mass is 10.1. The van der Waals surface area contributed by atoms with Gasteiger partial charge in [-0.05, 0) is 12.5 Å². The number of carbonyl (C=O) groups is 1. The van der Waals surface area contributed by atoms with Crippen molar-refractivity contribution < 1.29 is 4.79 Å². The van der Waals surface area contributed by atoms with Gasteiger partial charge in [0.15, 0.2) is 0 Å². The molecule has 0 bridgehead atoms. The number of hydrogen-bond acceptors (Lipinski definition) is 1. The highest BCUT2D eigenvalue weighted by molar-refractivity contribution is 14.1. The molecule has 2 nitrogen and oxygen atoms in total. The molecule has 0 aromatic heterocycles. The highest BCUT2D eigenvalue weighted by Crippen LogP contribution is 2.20. The van der Waals surface area contributed by atoms with Crippen molar-refractivity contribution in [1.29, 1.82) is 0 Å². The molecule has 0 saturated heterocycles. The van der Waals surface area contributed by atoms with Crippen LogP contribution in [0.2, 0.25) is 0 Å². The lowest BCUT2D eigenvalue weighted by Crippen LogP contribution is -2.34. The predicted molar refractivity (Wildman–Crippen MR) is 75.7 cm³/mol. The molecule has 1 amide bonds. The van der Waals surface area contributed by atoms with E-state index >= 15 is 0 Å². The number of nitrogens with zero attached hydrogens (tertiary/aromatic N) is 1. The summed E-state index contributed by atoms with van der Waals surface area (Å²) in [5.41, 5.74) is 1.16. The highest BCUT2D eigenvalue weighted by Gasteiger charge is 2.18. The van der Waals surface area contributed by atoms with Crippen molar-refractivity contribution in [1.82, 2.24) is 4.90 Å². The molecule has 1 aromatic rings. The minimum absolute atomic E-state index is 0.0986. The summed E-state index contributed by atoms with van der Waals surface area (Å²) in [7, 11) is 0. The van der Waals surface area contributed by atoms with Crippen LogP contribution in [0.5, 0.6) is 0 Å². The molecule has 16 heavy (non-hydrogen) atoms. The van der Waals surface area contributed by atoms with Gasteiger partial charge in [0.25, 0.3) is 0 Å². The Morgan fingerprint density at radius 1 is 1.50 bits per heavy atom. The zero-order valence-corrected chi connectivity index (χ0v) is 11.6. The molecule has 0 aliphatic carbocycles. The smallest absolute Gasteiger partial charge is 0.233 e. The van der Waals surface area contributed by atoms with Crippen molar-refractivity contribution in [3.63, 3.8) is 0 Å². The summed E-state index contributed by atoms with van der Waals surface area (Å²) in [5.74, 6) is 0.150. The summed E-state index contributed by atoms with van der Waals surface area (Å²) >= 11 is 2.10. The molecule has 1 rings (SSSR count). The van der Waals surface area contributed by atoms with Gasteiger partial charge in [-0.15, -0.1) is 6.58 Å². The van der Waals surface area contributed by atoms with Crippen LogP contribution in [-0.2, 0) is 4.79 Å². The van der Waals surface area contributed by atoms with Crippen LogP contribution in [0.25, 0.3) is 0 Å². The van der Waals surface area contributed by atoms with E-state index in [4.69, 9.17) is 0 Å². The van der Waals surface area contributed by atoms with Gasteiger partial charge < -0.3 is 4.90 Å². The van der Waals surface area contributed by atoms with E-state index in [1.54, 1.807) is 6.08 Å². The van der Waals surface area contributed by atoms with E-state index in [2.05, 4.69) is 29.2 Å². The van der Waals surface area contributed by atoms with E-state index in [0.717, 1.165) is 5.56 Å². The Morgan fingerprint density at radius 3 is 2.62 bits per heavy atom. The summed E-state index contributed by atoms with van der Waals surface area (Å²) < 4.78 is 0.503. The van der Waals surface area contributed by atoms with Crippen molar-refractivity contribution in [3.8, 4) is 0 Å². The van der Waals surface area contributed by atoms with Crippen LogP contribution in [-0.4, -0.2) is 21.8 Å². The Balaban J connectivity index is 2.86. The standard InChI is InChI=1S/C13H16INO/c1-3-9-15(13(16)10-14)11(2)12-7-5-4-6-8-12/h3-8,11H,1,9-10H2,2H3/t11-/m0/s1. The van der Waals surface area contributed by atoms with Gasteiger partial charge in [-0.1, -0.05) is 59.0 Å². The highest BCUT2D eigenvalue weighted by atomic mass is 127. The lowest BCUT2D eigenvalue weighted by molar-refractivity contribution is -0.129. The summed E-state index contributed by atoms with van der Waals surface area (Å²) in [5, 5.41) is 0. The predicted octanol–water partition coefficient (Wildman–Crippen LogP) is 3.20. The third-order valence-electron chi connectivity index (χ3n) is 2.51. The zero-order valence-electron chi connectivity index (χ0n) is 9.40. The van der Waals surface area contributed by atoms with Gasteiger partial charge in [0.1, 0.15) is 0 Å². The second-order valence-electron chi connectivity index (χ2n) is 3.56. The fraction of sp³-hybridized carbons (Fsp3) is 0.308. The van der Waals surface area contributed by atoms with Crippen LogP contribution in [0.4, 0.5) is 0 Å². The summed E-state index contributed by atoms with van der Waals surface area (Å²) in [6.45, 7) is 6.34. The Labute approximate surface area is 110 Å². The first-order valence-corrected chi connectivity index (χ1v) is 6.74. The molecular weight excluding hydrogens is 313 g/mol. The third-order valence-corrected chi connectivity index (χ3v) is 3.16. The Morgan fingerprint density at radius 2 is 2.12 bits per heavy atom.